The van der Waals surface area contributed by atoms with Crippen LogP contribution in [0.5, 0.6) is 5.75 Å². The molecule has 1 amide bonds. The summed E-state index contributed by atoms with van der Waals surface area (Å²) < 4.78 is 27.5. The first-order valence-corrected chi connectivity index (χ1v) is 9.99. The van der Waals surface area contributed by atoms with Gasteiger partial charge in [-0.05, 0) is 36.5 Å². The van der Waals surface area contributed by atoms with Gasteiger partial charge in [0.05, 0.1) is 18.9 Å². The Morgan fingerprint density at radius 1 is 1.28 bits per heavy atom. The van der Waals surface area contributed by atoms with Gasteiger partial charge in [-0.3, -0.25) is 4.79 Å². The van der Waals surface area contributed by atoms with Gasteiger partial charge in [0.25, 0.3) is 0 Å². The SMILES string of the molecule is COc1ccc(CC(C)CN(C)C(=O)C(N)CCS(C)(=O)=O)cc1.Cl. The molecule has 0 saturated carbocycles. The lowest BCUT2D eigenvalue weighted by atomic mass is 10.0. The van der Waals surface area contributed by atoms with Gasteiger partial charge in [0.15, 0.2) is 0 Å². The summed E-state index contributed by atoms with van der Waals surface area (Å²) in [6.07, 6.45) is 2.12. The van der Waals surface area contributed by atoms with Crippen LogP contribution in [0.2, 0.25) is 0 Å². The number of rotatable bonds is 9. The zero-order chi connectivity index (χ0) is 18.3. The van der Waals surface area contributed by atoms with Gasteiger partial charge in [-0.2, -0.15) is 0 Å². The fourth-order valence-electron chi connectivity index (χ4n) is 2.53. The van der Waals surface area contributed by atoms with Crippen LogP contribution in [0.15, 0.2) is 24.3 Å². The van der Waals surface area contributed by atoms with Gasteiger partial charge in [0, 0.05) is 19.8 Å². The van der Waals surface area contributed by atoms with E-state index >= 15 is 0 Å². The molecule has 0 heterocycles. The topological polar surface area (TPSA) is 89.7 Å². The minimum Gasteiger partial charge on any atom is -0.497 e. The van der Waals surface area contributed by atoms with E-state index in [0.29, 0.717) is 6.54 Å². The minimum absolute atomic E-state index is 0. The standard InChI is InChI=1S/C17H28N2O4S.ClH/c1-13(11-14-5-7-15(23-3)8-6-14)12-19(2)17(20)16(18)9-10-24(4,21)22;/h5-8,13,16H,9-12,18H2,1-4H3;1H. The molecule has 0 spiro atoms. The normalized spacial score (nSPS) is 13.5. The zero-order valence-corrected chi connectivity index (χ0v) is 16.9. The number of hydrogen-bond donors (Lipinski definition) is 1. The Balaban J connectivity index is 0.00000576. The molecule has 6 nitrogen and oxygen atoms in total. The molecular weight excluding hydrogens is 364 g/mol. The van der Waals surface area contributed by atoms with Crippen LogP contribution in [0, 0.1) is 5.92 Å². The third-order valence-corrected chi connectivity index (χ3v) is 4.80. The highest BCUT2D eigenvalue weighted by molar-refractivity contribution is 7.90. The maximum Gasteiger partial charge on any atom is 0.239 e. The van der Waals surface area contributed by atoms with Gasteiger partial charge in [-0.15, -0.1) is 12.4 Å². The van der Waals surface area contributed by atoms with E-state index in [1.165, 1.54) is 5.56 Å². The Morgan fingerprint density at radius 3 is 2.32 bits per heavy atom. The highest BCUT2D eigenvalue weighted by Gasteiger charge is 2.21. The number of carbonyl (C=O) groups is 1. The average molecular weight is 393 g/mol. The third kappa shape index (κ3) is 9.09. The molecule has 2 N–H and O–H groups in total. The van der Waals surface area contributed by atoms with Crippen molar-refractivity contribution in [1.29, 1.82) is 0 Å². The van der Waals surface area contributed by atoms with Crippen molar-refractivity contribution in [2.24, 2.45) is 11.7 Å². The van der Waals surface area contributed by atoms with E-state index in [0.717, 1.165) is 18.4 Å². The largest absolute Gasteiger partial charge is 0.497 e. The highest BCUT2D eigenvalue weighted by Crippen LogP contribution is 2.15. The number of nitrogens with zero attached hydrogens (tertiary/aromatic N) is 1. The lowest BCUT2D eigenvalue weighted by Crippen LogP contribution is -2.44. The molecule has 0 aromatic heterocycles. The Bertz CT molecular complexity index is 635. The first-order chi connectivity index (χ1) is 11.1. The number of amides is 1. The summed E-state index contributed by atoms with van der Waals surface area (Å²) in [5.74, 6) is 0.778. The summed E-state index contributed by atoms with van der Waals surface area (Å²) in [6, 6.07) is 7.07. The number of carbonyl (C=O) groups excluding carboxylic acids is 1. The van der Waals surface area contributed by atoms with Gasteiger partial charge < -0.3 is 15.4 Å². The van der Waals surface area contributed by atoms with Crippen molar-refractivity contribution < 1.29 is 17.9 Å². The molecule has 25 heavy (non-hydrogen) atoms. The van der Waals surface area contributed by atoms with E-state index in [9.17, 15) is 13.2 Å². The Hall–Kier alpha value is -1.31. The van der Waals surface area contributed by atoms with Crippen LogP contribution in [-0.4, -0.2) is 58.0 Å². The molecule has 1 rings (SSSR count). The number of nitrogens with two attached hydrogens (primary N) is 1. The minimum atomic E-state index is -3.11. The number of sulfone groups is 1. The summed E-state index contributed by atoms with van der Waals surface area (Å²) in [4.78, 5) is 13.8. The molecule has 0 bridgehead atoms. The van der Waals surface area contributed by atoms with Crippen LogP contribution in [0.4, 0.5) is 0 Å². The molecule has 144 valence electrons. The second-order valence-corrected chi connectivity index (χ2v) is 8.66. The highest BCUT2D eigenvalue weighted by atomic mass is 35.5. The van der Waals surface area contributed by atoms with Gasteiger partial charge >= 0.3 is 0 Å². The first-order valence-electron chi connectivity index (χ1n) is 7.93. The Kier molecular flexibility index (Phi) is 10.1. The smallest absolute Gasteiger partial charge is 0.239 e. The maximum absolute atomic E-state index is 12.2. The monoisotopic (exact) mass is 392 g/mol. The number of methoxy groups -OCH3 is 1. The molecule has 8 heteroatoms. The molecule has 0 fully saturated rings. The first kappa shape index (κ1) is 23.7. The second kappa shape index (κ2) is 10.6. The van der Waals surface area contributed by atoms with Crippen molar-refractivity contribution in [2.75, 3.05) is 32.7 Å². The molecule has 2 unspecified atom stereocenters. The third-order valence-electron chi connectivity index (χ3n) is 3.82. The van der Waals surface area contributed by atoms with Crippen molar-refractivity contribution in [2.45, 2.75) is 25.8 Å². The van der Waals surface area contributed by atoms with Crippen molar-refractivity contribution in [3.8, 4) is 5.75 Å². The summed E-state index contributed by atoms with van der Waals surface area (Å²) in [5, 5.41) is 0. The summed E-state index contributed by atoms with van der Waals surface area (Å²) >= 11 is 0. The average Bonchev–Trinajstić information content (AvgIpc) is 2.51. The summed E-state index contributed by atoms with van der Waals surface area (Å²) in [7, 11) is 0.223. The quantitative estimate of drug-likeness (QED) is 0.688. The Labute approximate surface area is 157 Å². The zero-order valence-electron chi connectivity index (χ0n) is 15.3. The molecular formula is C17H29ClN2O4S. The van der Waals surface area contributed by atoms with Gasteiger partial charge in [0.1, 0.15) is 15.6 Å². The van der Waals surface area contributed by atoms with Crippen molar-refractivity contribution in [3.05, 3.63) is 29.8 Å². The molecule has 0 aliphatic carbocycles. The number of likely N-dealkylation sites (N-methyl/N-ethyl adjacent to an activating group) is 1. The van der Waals surface area contributed by atoms with Crippen molar-refractivity contribution in [3.63, 3.8) is 0 Å². The van der Waals surface area contributed by atoms with Gasteiger partial charge in [0.2, 0.25) is 5.91 Å². The van der Waals surface area contributed by atoms with Gasteiger partial charge in [-0.25, -0.2) is 8.42 Å². The van der Waals surface area contributed by atoms with Crippen LogP contribution < -0.4 is 10.5 Å². The van der Waals surface area contributed by atoms with E-state index in [1.807, 2.05) is 24.3 Å². The maximum atomic E-state index is 12.2. The lowest BCUT2D eigenvalue weighted by Gasteiger charge is -2.24. The Morgan fingerprint density at radius 2 is 1.84 bits per heavy atom. The number of halogens is 1. The predicted molar refractivity (Wildman–Crippen MR) is 103 cm³/mol. The molecule has 0 radical (unpaired) electrons. The number of ether oxygens (including phenoxy) is 1. The van der Waals surface area contributed by atoms with Crippen molar-refractivity contribution in [1.82, 2.24) is 4.90 Å². The molecule has 0 saturated heterocycles. The van der Waals surface area contributed by atoms with E-state index in [-0.39, 0.29) is 36.4 Å². The number of hydrogen-bond acceptors (Lipinski definition) is 5. The molecule has 0 aliphatic rings. The molecule has 2 atom stereocenters. The molecule has 1 aromatic carbocycles. The van der Waals surface area contributed by atoms with Crippen LogP contribution in [-0.2, 0) is 21.1 Å². The fourth-order valence-corrected chi connectivity index (χ4v) is 3.22. The summed E-state index contributed by atoms with van der Waals surface area (Å²) in [6.45, 7) is 2.63. The fraction of sp³-hybridized carbons (Fsp3) is 0.588. The van der Waals surface area contributed by atoms with E-state index in [1.54, 1.807) is 19.1 Å². The van der Waals surface area contributed by atoms with Crippen LogP contribution in [0.3, 0.4) is 0 Å². The van der Waals surface area contributed by atoms with Gasteiger partial charge in [-0.1, -0.05) is 19.1 Å². The van der Waals surface area contributed by atoms with Crippen LogP contribution in [0.1, 0.15) is 18.9 Å². The van der Waals surface area contributed by atoms with Crippen LogP contribution in [0.25, 0.3) is 0 Å². The molecule has 0 aliphatic heterocycles. The van der Waals surface area contributed by atoms with E-state index in [4.69, 9.17) is 10.5 Å². The molecule has 1 aromatic rings. The second-order valence-electron chi connectivity index (χ2n) is 6.40. The summed E-state index contributed by atoms with van der Waals surface area (Å²) in [5.41, 5.74) is 6.99. The van der Waals surface area contributed by atoms with E-state index in [2.05, 4.69) is 6.92 Å². The van der Waals surface area contributed by atoms with E-state index < -0.39 is 15.9 Å². The van der Waals surface area contributed by atoms with Crippen molar-refractivity contribution >= 4 is 28.2 Å². The number of benzene rings is 1. The lowest BCUT2D eigenvalue weighted by molar-refractivity contribution is -0.131. The van der Waals surface area contributed by atoms with Crippen LogP contribution >= 0.6 is 12.4 Å². The predicted octanol–water partition coefficient (Wildman–Crippen LogP) is 1.52.